The lowest BCUT2D eigenvalue weighted by molar-refractivity contribution is -0.128. The number of nitrogens with one attached hydrogen (secondary N) is 1. The van der Waals surface area contributed by atoms with E-state index in [2.05, 4.69) is 10.3 Å². The van der Waals surface area contributed by atoms with Crippen LogP contribution in [-0.2, 0) is 4.79 Å². The molecule has 2 aromatic rings. The minimum atomic E-state index is -0.690. The van der Waals surface area contributed by atoms with Gasteiger partial charge in [0.1, 0.15) is 6.10 Å². The third-order valence-electron chi connectivity index (χ3n) is 3.36. The Balaban J connectivity index is 1.76. The number of carbonyl (C=O) groups excluding carboxylic acids is 1. The van der Waals surface area contributed by atoms with E-state index in [1.165, 1.54) is 11.3 Å². The van der Waals surface area contributed by atoms with Gasteiger partial charge in [-0.3, -0.25) is 10.1 Å². The van der Waals surface area contributed by atoms with Crippen molar-refractivity contribution < 1.29 is 14.3 Å². The molecule has 0 spiro atoms. The quantitative estimate of drug-likeness (QED) is 0.926. The van der Waals surface area contributed by atoms with Crippen LogP contribution in [-0.4, -0.2) is 23.1 Å². The van der Waals surface area contributed by atoms with E-state index in [9.17, 15) is 4.79 Å². The Morgan fingerprint density at radius 2 is 1.90 bits per heavy atom. The second-order valence-electron chi connectivity index (χ2n) is 4.96. The summed E-state index contributed by atoms with van der Waals surface area (Å²) in [5.41, 5.74) is 0.925. The summed E-state index contributed by atoms with van der Waals surface area (Å²) in [4.78, 5) is 17.8. The molecule has 0 saturated heterocycles. The van der Waals surface area contributed by atoms with E-state index < -0.39 is 6.10 Å². The minimum Gasteiger partial charge on any atom is -0.482 e. The van der Waals surface area contributed by atoms with Crippen LogP contribution in [0.5, 0.6) is 11.5 Å². The maximum Gasteiger partial charge on any atom is 0.271 e. The first-order valence-electron chi connectivity index (χ1n) is 6.72. The number of hydrogen-bond acceptors (Lipinski definition) is 5. The number of ether oxygens (including phenoxy) is 2. The summed E-state index contributed by atoms with van der Waals surface area (Å²) in [5, 5.41) is 3.39. The standard InChI is InChI=1S/C15H16N2O3S/c1-8-10(3)21-15(16-8)17-14(18)13-9(2)19-11-6-4-5-7-12(11)20-13/h4-7,9,13H,1-3H3,(H,16,17,18). The van der Waals surface area contributed by atoms with Gasteiger partial charge in [0, 0.05) is 4.88 Å². The van der Waals surface area contributed by atoms with Crippen LogP contribution in [0.15, 0.2) is 24.3 Å². The summed E-state index contributed by atoms with van der Waals surface area (Å²) in [6, 6.07) is 7.34. The molecule has 6 heteroatoms. The van der Waals surface area contributed by atoms with Gasteiger partial charge in [0.15, 0.2) is 16.6 Å². The number of amides is 1. The summed E-state index contributed by atoms with van der Waals surface area (Å²) in [6.07, 6.45) is -1.05. The predicted octanol–water partition coefficient (Wildman–Crippen LogP) is 2.93. The summed E-state index contributed by atoms with van der Waals surface area (Å²) < 4.78 is 11.5. The molecule has 21 heavy (non-hydrogen) atoms. The Bertz CT molecular complexity index is 664. The Morgan fingerprint density at radius 1 is 1.24 bits per heavy atom. The van der Waals surface area contributed by atoms with Crippen LogP contribution in [0.3, 0.4) is 0 Å². The molecule has 0 radical (unpaired) electrons. The zero-order chi connectivity index (χ0) is 15.0. The van der Waals surface area contributed by atoms with Gasteiger partial charge >= 0.3 is 0 Å². The SMILES string of the molecule is Cc1nc(NC(=O)C2Oc3ccccc3OC2C)sc1C. The lowest BCUT2D eigenvalue weighted by Crippen LogP contribution is -2.46. The van der Waals surface area contributed by atoms with Gasteiger partial charge in [-0.05, 0) is 32.9 Å². The first-order chi connectivity index (χ1) is 10.0. The van der Waals surface area contributed by atoms with E-state index in [0.717, 1.165) is 10.6 Å². The molecule has 0 fully saturated rings. The molecule has 1 N–H and O–H groups in total. The highest BCUT2D eigenvalue weighted by molar-refractivity contribution is 7.15. The van der Waals surface area contributed by atoms with Crippen LogP contribution >= 0.6 is 11.3 Å². The highest BCUT2D eigenvalue weighted by Crippen LogP contribution is 2.33. The maximum absolute atomic E-state index is 12.4. The first kappa shape index (κ1) is 13.9. The number of nitrogens with zero attached hydrogens (tertiary/aromatic N) is 1. The number of aryl methyl sites for hydroxylation is 2. The number of hydrogen-bond donors (Lipinski definition) is 1. The molecule has 0 bridgehead atoms. The molecular formula is C15H16N2O3S. The zero-order valence-corrected chi connectivity index (χ0v) is 12.9. The second-order valence-corrected chi connectivity index (χ2v) is 6.16. The van der Waals surface area contributed by atoms with Crippen LogP contribution < -0.4 is 14.8 Å². The van der Waals surface area contributed by atoms with Gasteiger partial charge in [-0.25, -0.2) is 4.98 Å². The number of aromatic nitrogens is 1. The van der Waals surface area contributed by atoms with E-state index in [1.54, 1.807) is 6.07 Å². The molecule has 2 heterocycles. The van der Waals surface area contributed by atoms with Crippen molar-refractivity contribution in [2.45, 2.75) is 33.0 Å². The number of rotatable bonds is 2. The molecule has 1 aliphatic rings. The average Bonchev–Trinajstić information content (AvgIpc) is 2.76. The Labute approximate surface area is 126 Å². The van der Waals surface area contributed by atoms with E-state index in [-0.39, 0.29) is 12.0 Å². The van der Waals surface area contributed by atoms with Crippen LogP contribution in [0.2, 0.25) is 0 Å². The largest absolute Gasteiger partial charge is 0.482 e. The Kier molecular flexibility index (Phi) is 3.55. The molecule has 1 aromatic carbocycles. The summed E-state index contributed by atoms with van der Waals surface area (Å²) >= 11 is 1.45. The van der Waals surface area contributed by atoms with Gasteiger partial charge in [-0.2, -0.15) is 0 Å². The fraction of sp³-hybridized carbons (Fsp3) is 0.333. The van der Waals surface area contributed by atoms with Gasteiger partial charge in [0.05, 0.1) is 5.69 Å². The molecule has 2 atom stereocenters. The fourth-order valence-electron chi connectivity index (χ4n) is 2.11. The van der Waals surface area contributed by atoms with Crippen molar-refractivity contribution in [3.8, 4) is 11.5 Å². The summed E-state index contributed by atoms with van der Waals surface area (Å²) in [7, 11) is 0. The van der Waals surface area contributed by atoms with Gasteiger partial charge < -0.3 is 9.47 Å². The Morgan fingerprint density at radius 3 is 2.52 bits per heavy atom. The van der Waals surface area contributed by atoms with E-state index in [4.69, 9.17) is 9.47 Å². The molecule has 0 aliphatic carbocycles. The predicted molar refractivity (Wildman–Crippen MR) is 81.2 cm³/mol. The van der Waals surface area contributed by atoms with Gasteiger partial charge in [-0.1, -0.05) is 12.1 Å². The normalized spacial score (nSPS) is 20.1. The highest BCUT2D eigenvalue weighted by atomic mass is 32.1. The number of thiazole rings is 1. The van der Waals surface area contributed by atoms with Crippen molar-refractivity contribution in [1.29, 1.82) is 0 Å². The van der Waals surface area contributed by atoms with E-state index >= 15 is 0 Å². The summed E-state index contributed by atoms with van der Waals surface area (Å²) in [6.45, 7) is 5.71. The second kappa shape index (κ2) is 5.37. The number of carbonyl (C=O) groups is 1. The lowest BCUT2D eigenvalue weighted by atomic mass is 10.1. The fourth-order valence-corrected chi connectivity index (χ4v) is 2.93. The summed E-state index contributed by atoms with van der Waals surface area (Å²) in [5.74, 6) is 1.00. The van der Waals surface area contributed by atoms with E-state index in [1.807, 2.05) is 39.0 Å². The van der Waals surface area contributed by atoms with Gasteiger partial charge in [0.2, 0.25) is 6.10 Å². The minimum absolute atomic E-state index is 0.245. The van der Waals surface area contributed by atoms with Crippen molar-refractivity contribution in [3.63, 3.8) is 0 Å². The van der Waals surface area contributed by atoms with Crippen molar-refractivity contribution in [2.75, 3.05) is 5.32 Å². The zero-order valence-electron chi connectivity index (χ0n) is 12.0. The van der Waals surface area contributed by atoms with Gasteiger partial charge in [0.25, 0.3) is 5.91 Å². The average molecular weight is 304 g/mol. The number of fused-ring (bicyclic) bond motifs is 1. The number of benzene rings is 1. The molecule has 1 amide bonds. The van der Waals surface area contributed by atoms with Gasteiger partial charge in [-0.15, -0.1) is 11.3 Å². The maximum atomic E-state index is 12.4. The lowest BCUT2D eigenvalue weighted by Gasteiger charge is -2.30. The van der Waals surface area contributed by atoms with Crippen molar-refractivity contribution in [2.24, 2.45) is 0 Å². The molecule has 110 valence electrons. The molecular weight excluding hydrogens is 288 g/mol. The smallest absolute Gasteiger partial charge is 0.271 e. The third kappa shape index (κ3) is 2.71. The molecule has 2 unspecified atom stereocenters. The molecule has 5 nitrogen and oxygen atoms in total. The van der Waals surface area contributed by atoms with Crippen molar-refractivity contribution in [1.82, 2.24) is 4.98 Å². The van der Waals surface area contributed by atoms with Crippen LogP contribution in [0.25, 0.3) is 0 Å². The first-order valence-corrected chi connectivity index (χ1v) is 7.53. The van der Waals surface area contributed by atoms with Crippen LogP contribution in [0.1, 0.15) is 17.5 Å². The molecule has 1 aliphatic heterocycles. The highest BCUT2D eigenvalue weighted by Gasteiger charge is 2.34. The van der Waals surface area contributed by atoms with Crippen molar-refractivity contribution in [3.05, 3.63) is 34.8 Å². The third-order valence-corrected chi connectivity index (χ3v) is 4.35. The molecule has 3 rings (SSSR count). The molecule has 0 saturated carbocycles. The van der Waals surface area contributed by atoms with Crippen molar-refractivity contribution >= 4 is 22.4 Å². The Hall–Kier alpha value is -2.08. The number of anilines is 1. The monoisotopic (exact) mass is 304 g/mol. The van der Waals surface area contributed by atoms with E-state index in [0.29, 0.717) is 16.6 Å². The van der Waals surface area contributed by atoms with Crippen LogP contribution in [0.4, 0.5) is 5.13 Å². The topological polar surface area (TPSA) is 60.5 Å². The molecule has 1 aromatic heterocycles. The van der Waals surface area contributed by atoms with Crippen LogP contribution in [0, 0.1) is 13.8 Å². The number of para-hydroxylation sites is 2.